The zero-order chi connectivity index (χ0) is 13.8. The van der Waals surface area contributed by atoms with Crippen LogP contribution in [0.2, 0.25) is 0 Å². The molecular formula is C12H16F2N2O2. The van der Waals surface area contributed by atoms with Gasteiger partial charge in [0.1, 0.15) is 5.75 Å². The van der Waals surface area contributed by atoms with Gasteiger partial charge in [0.2, 0.25) is 0 Å². The Morgan fingerprint density at radius 1 is 1.50 bits per heavy atom. The molecule has 0 spiro atoms. The van der Waals surface area contributed by atoms with Gasteiger partial charge in [0.15, 0.2) is 0 Å². The summed E-state index contributed by atoms with van der Waals surface area (Å²) in [6.45, 7) is 0.893. The number of carbonyl (C=O) groups is 1. The van der Waals surface area contributed by atoms with E-state index in [1.807, 2.05) is 0 Å². The molecule has 0 bridgehead atoms. The maximum absolute atomic E-state index is 12.0. The second-order valence-electron chi connectivity index (χ2n) is 4.45. The number of hydrogen-bond acceptors (Lipinski definition) is 3. The van der Waals surface area contributed by atoms with Crippen molar-refractivity contribution in [2.75, 3.05) is 6.54 Å². The third-order valence-corrected chi connectivity index (χ3v) is 2.28. The molecule has 100 valence electrons. The number of halogens is 2. The number of hydrogen-bond donors (Lipinski definition) is 2. The lowest BCUT2D eigenvalue weighted by Crippen LogP contribution is -2.48. The van der Waals surface area contributed by atoms with Gasteiger partial charge in [-0.2, -0.15) is 8.78 Å². The van der Waals surface area contributed by atoms with Gasteiger partial charge in [-0.05, 0) is 32.0 Å². The van der Waals surface area contributed by atoms with Crippen LogP contribution in [-0.4, -0.2) is 24.6 Å². The van der Waals surface area contributed by atoms with Crippen LogP contribution in [-0.2, 0) is 0 Å². The smallest absolute Gasteiger partial charge is 0.387 e. The van der Waals surface area contributed by atoms with Crippen LogP contribution < -0.4 is 15.8 Å². The van der Waals surface area contributed by atoms with Gasteiger partial charge in [0.25, 0.3) is 5.91 Å². The average Bonchev–Trinajstić information content (AvgIpc) is 2.28. The molecule has 0 aliphatic carbocycles. The Hall–Kier alpha value is -1.69. The Kier molecular flexibility index (Phi) is 4.61. The number of alkyl halides is 2. The molecule has 0 saturated heterocycles. The van der Waals surface area contributed by atoms with Gasteiger partial charge in [-0.3, -0.25) is 4.79 Å². The number of ether oxygens (including phenoxy) is 1. The van der Waals surface area contributed by atoms with E-state index in [9.17, 15) is 13.6 Å². The van der Waals surface area contributed by atoms with Crippen LogP contribution in [0.3, 0.4) is 0 Å². The molecule has 4 nitrogen and oxygen atoms in total. The van der Waals surface area contributed by atoms with Gasteiger partial charge in [0.05, 0.1) is 0 Å². The Labute approximate surface area is 104 Å². The van der Waals surface area contributed by atoms with E-state index in [-0.39, 0.29) is 23.8 Å². The highest BCUT2D eigenvalue weighted by Crippen LogP contribution is 2.16. The molecule has 0 radical (unpaired) electrons. The standard InChI is InChI=1S/C12H16F2N2O2/c1-12(2,7-15)16-10(17)8-4-3-5-9(6-8)18-11(13)14/h3-6,11H,7,15H2,1-2H3,(H,16,17). The van der Waals surface area contributed by atoms with Crippen LogP contribution in [0.15, 0.2) is 24.3 Å². The van der Waals surface area contributed by atoms with Crippen LogP contribution >= 0.6 is 0 Å². The van der Waals surface area contributed by atoms with E-state index in [0.717, 1.165) is 0 Å². The Balaban J connectivity index is 2.80. The van der Waals surface area contributed by atoms with Crippen molar-refractivity contribution in [2.24, 2.45) is 5.73 Å². The minimum absolute atomic E-state index is 0.0526. The Morgan fingerprint density at radius 3 is 2.72 bits per heavy atom. The van der Waals surface area contributed by atoms with Crippen LogP contribution in [0.5, 0.6) is 5.75 Å². The lowest BCUT2D eigenvalue weighted by Gasteiger charge is -2.24. The van der Waals surface area contributed by atoms with E-state index < -0.39 is 12.2 Å². The summed E-state index contributed by atoms with van der Waals surface area (Å²) in [6.07, 6.45) is 0. The fourth-order valence-corrected chi connectivity index (χ4v) is 1.24. The highest BCUT2D eigenvalue weighted by molar-refractivity contribution is 5.95. The predicted octanol–water partition coefficient (Wildman–Crippen LogP) is 1.76. The minimum Gasteiger partial charge on any atom is -0.435 e. The Morgan fingerprint density at radius 2 is 2.17 bits per heavy atom. The number of nitrogens with one attached hydrogen (secondary N) is 1. The quantitative estimate of drug-likeness (QED) is 0.845. The zero-order valence-electron chi connectivity index (χ0n) is 10.2. The maximum Gasteiger partial charge on any atom is 0.387 e. The second kappa shape index (κ2) is 5.77. The third-order valence-electron chi connectivity index (χ3n) is 2.28. The number of benzene rings is 1. The van der Waals surface area contributed by atoms with E-state index >= 15 is 0 Å². The monoisotopic (exact) mass is 258 g/mol. The van der Waals surface area contributed by atoms with E-state index in [0.29, 0.717) is 0 Å². The van der Waals surface area contributed by atoms with Crippen molar-refractivity contribution in [3.63, 3.8) is 0 Å². The summed E-state index contributed by atoms with van der Waals surface area (Å²) in [7, 11) is 0. The first kappa shape index (κ1) is 14.4. The van der Waals surface area contributed by atoms with Gasteiger partial charge in [0, 0.05) is 17.6 Å². The molecule has 0 aliphatic rings. The summed E-state index contributed by atoms with van der Waals surface area (Å²) in [6, 6.07) is 5.60. The van der Waals surface area contributed by atoms with Crippen LogP contribution in [0, 0.1) is 0 Å². The first-order chi connectivity index (χ1) is 8.34. The van der Waals surface area contributed by atoms with Gasteiger partial charge in [-0.1, -0.05) is 6.07 Å². The largest absolute Gasteiger partial charge is 0.435 e. The average molecular weight is 258 g/mol. The normalized spacial score (nSPS) is 11.4. The van der Waals surface area contributed by atoms with Gasteiger partial charge in [-0.15, -0.1) is 0 Å². The van der Waals surface area contributed by atoms with Crippen molar-refractivity contribution in [3.05, 3.63) is 29.8 Å². The molecule has 1 aromatic carbocycles. The molecule has 1 aromatic rings. The molecule has 3 N–H and O–H groups in total. The number of nitrogens with two attached hydrogens (primary N) is 1. The number of carbonyl (C=O) groups excluding carboxylic acids is 1. The zero-order valence-corrected chi connectivity index (χ0v) is 10.2. The molecule has 0 aromatic heterocycles. The fraction of sp³-hybridized carbons (Fsp3) is 0.417. The summed E-state index contributed by atoms with van der Waals surface area (Å²) in [4.78, 5) is 11.8. The molecule has 0 fully saturated rings. The molecule has 0 aliphatic heterocycles. The Bertz CT molecular complexity index is 422. The molecule has 6 heteroatoms. The summed E-state index contributed by atoms with van der Waals surface area (Å²) in [5.41, 5.74) is 5.18. The van der Waals surface area contributed by atoms with E-state index in [2.05, 4.69) is 10.1 Å². The molecule has 1 rings (SSSR count). The molecule has 18 heavy (non-hydrogen) atoms. The molecule has 0 atom stereocenters. The highest BCUT2D eigenvalue weighted by Gasteiger charge is 2.19. The number of rotatable bonds is 5. The lowest BCUT2D eigenvalue weighted by molar-refractivity contribution is -0.0498. The second-order valence-corrected chi connectivity index (χ2v) is 4.45. The van der Waals surface area contributed by atoms with Crippen molar-refractivity contribution in [1.29, 1.82) is 0 Å². The van der Waals surface area contributed by atoms with Crippen molar-refractivity contribution in [3.8, 4) is 5.75 Å². The van der Waals surface area contributed by atoms with E-state index in [1.54, 1.807) is 13.8 Å². The number of amides is 1. The summed E-state index contributed by atoms with van der Waals surface area (Å²) in [5, 5.41) is 2.70. The first-order valence-corrected chi connectivity index (χ1v) is 5.41. The van der Waals surface area contributed by atoms with Crippen molar-refractivity contribution < 1.29 is 18.3 Å². The molecule has 0 heterocycles. The highest BCUT2D eigenvalue weighted by atomic mass is 19.3. The van der Waals surface area contributed by atoms with Gasteiger partial charge < -0.3 is 15.8 Å². The lowest BCUT2D eigenvalue weighted by atomic mass is 10.1. The van der Waals surface area contributed by atoms with Crippen LogP contribution in [0.4, 0.5) is 8.78 Å². The molecular weight excluding hydrogens is 242 g/mol. The minimum atomic E-state index is -2.91. The van der Waals surface area contributed by atoms with Crippen molar-refractivity contribution in [1.82, 2.24) is 5.32 Å². The van der Waals surface area contributed by atoms with E-state index in [4.69, 9.17) is 5.73 Å². The SMILES string of the molecule is CC(C)(CN)NC(=O)c1cccc(OC(F)F)c1. The summed E-state index contributed by atoms with van der Waals surface area (Å²) < 4.78 is 28.3. The van der Waals surface area contributed by atoms with E-state index in [1.165, 1.54) is 24.3 Å². The fourth-order valence-electron chi connectivity index (χ4n) is 1.24. The summed E-state index contributed by atoms with van der Waals surface area (Å²) in [5.74, 6) is -0.437. The van der Waals surface area contributed by atoms with Crippen LogP contribution in [0.1, 0.15) is 24.2 Å². The topological polar surface area (TPSA) is 64.3 Å². The van der Waals surface area contributed by atoms with Gasteiger partial charge >= 0.3 is 6.61 Å². The van der Waals surface area contributed by atoms with Crippen molar-refractivity contribution in [2.45, 2.75) is 26.0 Å². The summed E-state index contributed by atoms with van der Waals surface area (Å²) >= 11 is 0. The predicted molar refractivity (Wildman–Crippen MR) is 63.7 cm³/mol. The van der Waals surface area contributed by atoms with Crippen molar-refractivity contribution >= 4 is 5.91 Å². The maximum atomic E-state index is 12.0. The third kappa shape index (κ3) is 4.29. The molecule has 0 unspecified atom stereocenters. The molecule has 1 amide bonds. The first-order valence-electron chi connectivity index (χ1n) is 5.41. The molecule has 0 saturated carbocycles. The van der Waals surface area contributed by atoms with Gasteiger partial charge in [-0.25, -0.2) is 0 Å². The van der Waals surface area contributed by atoms with Crippen LogP contribution in [0.25, 0.3) is 0 Å².